The molecule has 0 aliphatic heterocycles. The van der Waals surface area contributed by atoms with Crippen LogP contribution in [0.2, 0.25) is 0 Å². The number of amides is 3. The van der Waals surface area contributed by atoms with E-state index in [1.807, 2.05) is 19.1 Å². The fraction of sp³-hybridized carbons (Fsp3) is 0.190. The number of benzene rings is 1. The van der Waals surface area contributed by atoms with E-state index in [4.69, 9.17) is 4.42 Å². The number of rotatable bonds is 7. The predicted molar refractivity (Wildman–Crippen MR) is 112 cm³/mol. The second-order valence-corrected chi connectivity index (χ2v) is 7.40. The average Bonchev–Trinajstić information content (AvgIpc) is 3.40. The third-order valence-electron chi connectivity index (χ3n) is 4.17. The number of carbonyl (C=O) groups is 3. The van der Waals surface area contributed by atoms with E-state index < -0.39 is 0 Å². The first kappa shape index (κ1) is 20.3. The van der Waals surface area contributed by atoms with Gasteiger partial charge in [-0.25, -0.2) is 0 Å². The van der Waals surface area contributed by atoms with Crippen molar-refractivity contribution < 1.29 is 18.8 Å². The van der Waals surface area contributed by atoms with Crippen molar-refractivity contribution in [2.45, 2.75) is 26.3 Å². The quantitative estimate of drug-likeness (QED) is 0.535. The molecule has 150 valence electrons. The number of furan rings is 1. The minimum absolute atomic E-state index is 0.0493. The first-order chi connectivity index (χ1) is 14.0. The van der Waals surface area contributed by atoms with E-state index in [0.717, 1.165) is 5.56 Å². The summed E-state index contributed by atoms with van der Waals surface area (Å²) >= 11 is 1.18. The van der Waals surface area contributed by atoms with Crippen LogP contribution in [0.4, 0.5) is 10.7 Å². The van der Waals surface area contributed by atoms with Gasteiger partial charge in [-0.3, -0.25) is 14.4 Å². The van der Waals surface area contributed by atoms with Crippen LogP contribution in [0.3, 0.4) is 0 Å². The van der Waals surface area contributed by atoms with Gasteiger partial charge in [0.15, 0.2) is 5.76 Å². The van der Waals surface area contributed by atoms with Gasteiger partial charge in [-0.15, -0.1) is 11.3 Å². The van der Waals surface area contributed by atoms with Crippen LogP contribution in [0, 0.1) is 0 Å². The second kappa shape index (κ2) is 9.20. The van der Waals surface area contributed by atoms with E-state index in [9.17, 15) is 14.4 Å². The van der Waals surface area contributed by atoms with Crippen LogP contribution in [0.15, 0.2) is 59.2 Å². The number of hydrogen-bond donors (Lipinski definition) is 3. The molecule has 1 atom stereocenters. The third kappa shape index (κ3) is 5.32. The Labute approximate surface area is 172 Å². The van der Waals surface area contributed by atoms with E-state index in [1.165, 1.54) is 17.6 Å². The predicted octanol–water partition coefficient (Wildman–Crippen LogP) is 4.43. The van der Waals surface area contributed by atoms with E-state index in [0.29, 0.717) is 22.0 Å². The molecular formula is C21H21N3O4S. The molecular weight excluding hydrogens is 390 g/mol. The minimum Gasteiger partial charge on any atom is -0.459 e. The fourth-order valence-electron chi connectivity index (χ4n) is 2.56. The maximum Gasteiger partial charge on any atom is 0.291 e. The molecule has 7 nitrogen and oxygen atoms in total. The maximum atomic E-state index is 12.5. The lowest BCUT2D eigenvalue weighted by atomic mass is 10.1. The highest BCUT2D eigenvalue weighted by atomic mass is 32.1. The van der Waals surface area contributed by atoms with Crippen molar-refractivity contribution in [2.24, 2.45) is 0 Å². The van der Waals surface area contributed by atoms with Gasteiger partial charge in [0.25, 0.3) is 11.8 Å². The maximum absolute atomic E-state index is 12.5. The molecule has 2 heterocycles. The molecule has 1 unspecified atom stereocenters. The highest BCUT2D eigenvalue weighted by Gasteiger charge is 2.16. The summed E-state index contributed by atoms with van der Waals surface area (Å²) in [7, 11) is 0. The normalized spacial score (nSPS) is 11.5. The first-order valence-electron chi connectivity index (χ1n) is 9.11. The zero-order valence-corrected chi connectivity index (χ0v) is 16.8. The Morgan fingerprint density at radius 3 is 2.41 bits per heavy atom. The summed E-state index contributed by atoms with van der Waals surface area (Å²) in [5, 5.41) is 8.98. The molecule has 0 aliphatic rings. The monoisotopic (exact) mass is 411 g/mol. The van der Waals surface area contributed by atoms with Crippen LogP contribution in [-0.2, 0) is 4.79 Å². The third-order valence-corrected chi connectivity index (χ3v) is 5.17. The van der Waals surface area contributed by atoms with Crippen molar-refractivity contribution in [3.63, 3.8) is 0 Å². The van der Waals surface area contributed by atoms with Gasteiger partial charge in [0, 0.05) is 12.1 Å². The Kier molecular flexibility index (Phi) is 6.46. The van der Waals surface area contributed by atoms with Gasteiger partial charge in [-0.2, -0.15) is 0 Å². The van der Waals surface area contributed by atoms with Gasteiger partial charge in [0.2, 0.25) is 5.91 Å². The lowest BCUT2D eigenvalue weighted by molar-refractivity contribution is -0.115. The molecule has 3 N–H and O–H groups in total. The molecule has 0 aliphatic carbocycles. The summed E-state index contributed by atoms with van der Waals surface area (Å²) < 4.78 is 5.05. The fourth-order valence-corrected chi connectivity index (χ4v) is 3.37. The van der Waals surface area contributed by atoms with Crippen LogP contribution >= 0.6 is 11.3 Å². The molecule has 3 rings (SSSR count). The topological polar surface area (TPSA) is 100 Å². The lowest BCUT2D eigenvalue weighted by Gasteiger charge is -2.14. The van der Waals surface area contributed by atoms with Crippen molar-refractivity contribution in [1.29, 1.82) is 0 Å². The van der Waals surface area contributed by atoms with Crippen LogP contribution in [-0.4, -0.2) is 17.7 Å². The van der Waals surface area contributed by atoms with E-state index in [-0.39, 0.29) is 29.5 Å². The lowest BCUT2D eigenvalue weighted by Crippen LogP contribution is -2.25. The number of nitrogens with one attached hydrogen (secondary N) is 3. The molecule has 0 radical (unpaired) electrons. The van der Waals surface area contributed by atoms with Crippen LogP contribution in [0.1, 0.15) is 52.1 Å². The zero-order chi connectivity index (χ0) is 20.8. The first-order valence-corrected chi connectivity index (χ1v) is 9.93. The minimum atomic E-state index is -0.368. The number of hydrogen-bond acceptors (Lipinski definition) is 5. The summed E-state index contributed by atoms with van der Waals surface area (Å²) in [6.45, 7) is 3.67. The van der Waals surface area contributed by atoms with Crippen molar-refractivity contribution in [3.8, 4) is 0 Å². The van der Waals surface area contributed by atoms with E-state index >= 15 is 0 Å². The summed E-state index contributed by atoms with van der Waals surface area (Å²) in [4.78, 5) is 36.4. The van der Waals surface area contributed by atoms with Crippen molar-refractivity contribution in [1.82, 2.24) is 5.32 Å². The van der Waals surface area contributed by atoms with E-state index in [2.05, 4.69) is 16.0 Å². The van der Waals surface area contributed by atoms with Gasteiger partial charge in [0.05, 0.1) is 22.2 Å². The van der Waals surface area contributed by atoms with E-state index in [1.54, 1.807) is 43.3 Å². The molecule has 3 amide bonds. The summed E-state index contributed by atoms with van der Waals surface area (Å²) in [6.07, 6.45) is 1.84. The Bertz CT molecular complexity index is 993. The Morgan fingerprint density at radius 1 is 1.00 bits per heavy atom. The Morgan fingerprint density at radius 2 is 1.76 bits per heavy atom. The van der Waals surface area contributed by atoms with Gasteiger partial charge in [-0.1, -0.05) is 19.1 Å². The van der Waals surface area contributed by atoms with Crippen LogP contribution in [0.5, 0.6) is 0 Å². The molecule has 3 aromatic rings. The molecule has 0 spiro atoms. The summed E-state index contributed by atoms with van der Waals surface area (Å²) in [6, 6.07) is 13.6. The SMILES string of the molecule is CCC(=O)Nc1ccc(C(C)NC(=O)c2ccc(NC(=O)c3ccco3)s2)cc1. The highest BCUT2D eigenvalue weighted by Crippen LogP contribution is 2.24. The van der Waals surface area contributed by atoms with Crippen molar-refractivity contribution in [2.75, 3.05) is 10.6 Å². The van der Waals surface area contributed by atoms with Gasteiger partial charge in [-0.05, 0) is 48.9 Å². The smallest absolute Gasteiger partial charge is 0.291 e. The number of thiophene rings is 1. The average molecular weight is 411 g/mol. The highest BCUT2D eigenvalue weighted by molar-refractivity contribution is 7.18. The Balaban J connectivity index is 1.57. The molecule has 0 saturated carbocycles. The number of anilines is 2. The standard InChI is InChI=1S/C21H21N3O4S/c1-3-18(25)23-15-8-6-14(7-9-15)13(2)22-21(27)17-10-11-19(29-17)24-20(26)16-5-4-12-28-16/h4-13H,3H2,1-2H3,(H,22,27)(H,23,25)(H,24,26). The second-order valence-electron chi connectivity index (χ2n) is 6.31. The molecule has 0 saturated heterocycles. The summed E-state index contributed by atoms with van der Waals surface area (Å²) in [5.41, 5.74) is 1.63. The Hall–Kier alpha value is -3.39. The molecule has 29 heavy (non-hydrogen) atoms. The number of carbonyl (C=O) groups excluding carboxylic acids is 3. The molecule has 8 heteroatoms. The van der Waals surface area contributed by atoms with Crippen molar-refractivity contribution >= 4 is 39.7 Å². The van der Waals surface area contributed by atoms with Gasteiger partial charge < -0.3 is 20.4 Å². The van der Waals surface area contributed by atoms with Gasteiger partial charge in [0.1, 0.15) is 0 Å². The van der Waals surface area contributed by atoms with Crippen LogP contribution < -0.4 is 16.0 Å². The molecule has 1 aromatic carbocycles. The molecule has 0 fully saturated rings. The molecule has 2 aromatic heterocycles. The van der Waals surface area contributed by atoms with Crippen LogP contribution in [0.25, 0.3) is 0 Å². The molecule has 0 bridgehead atoms. The largest absolute Gasteiger partial charge is 0.459 e. The zero-order valence-electron chi connectivity index (χ0n) is 16.0. The van der Waals surface area contributed by atoms with Crippen molar-refractivity contribution in [3.05, 3.63) is 71.0 Å². The van der Waals surface area contributed by atoms with Gasteiger partial charge >= 0.3 is 0 Å². The summed E-state index contributed by atoms with van der Waals surface area (Å²) in [5.74, 6) is -0.444.